The zero-order valence-corrected chi connectivity index (χ0v) is 10.9. The van der Waals surface area contributed by atoms with Crippen LogP contribution in [0.4, 0.5) is 18.9 Å². The Balaban J connectivity index is 1.86. The van der Waals surface area contributed by atoms with Crippen LogP contribution in [0.1, 0.15) is 21.3 Å². The fraction of sp³-hybridized carbons (Fsp3) is 0.364. The Morgan fingerprint density at radius 3 is 2.75 bits per heavy atom. The molecule has 0 saturated heterocycles. The fourth-order valence-electron chi connectivity index (χ4n) is 2.16. The average Bonchev–Trinajstić information content (AvgIpc) is 3.03. The van der Waals surface area contributed by atoms with E-state index in [-0.39, 0.29) is 18.9 Å². The van der Waals surface area contributed by atoms with Crippen molar-refractivity contribution in [1.82, 2.24) is 14.8 Å². The van der Waals surface area contributed by atoms with Gasteiger partial charge in [0.25, 0.3) is 0 Å². The summed E-state index contributed by atoms with van der Waals surface area (Å²) in [5.74, 6) is -0.673. The Labute approximate surface area is 115 Å². The summed E-state index contributed by atoms with van der Waals surface area (Å²) in [6.07, 6.45) is -3.73. The first-order chi connectivity index (χ1) is 9.49. The van der Waals surface area contributed by atoms with Crippen LogP contribution in [-0.2, 0) is 19.3 Å². The molecular weight excluding hydrogens is 293 g/mol. The molecule has 0 radical (unpaired) electrons. The Hall–Kier alpha value is -1.90. The van der Waals surface area contributed by atoms with Gasteiger partial charge in [0.2, 0.25) is 5.82 Å². The second-order valence-electron chi connectivity index (χ2n) is 4.34. The van der Waals surface area contributed by atoms with Crippen LogP contribution in [-0.4, -0.2) is 27.6 Å². The molecule has 0 aromatic carbocycles. The number of halogens is 3. The van der Waals surface area contributed by atoms with Gasteiger partial charge in [-0.05, 0) is 6.07 Å². The van der Waals surface area contributed by atoms with Gasteiger partial charge < -0.3 is 9.47 Å². The van der Waals surface area contributed by atoms with Crippen LogP contribution in [0.25, 0.3) is 0 Å². The van der Waals surface area contributed by atoms with E-state index in [9.17, 15) is 18.0 Å². The standard InChI is InChI=1S/C11H9F3N4OS/c12-11(13,14)10-16-15-9-4-17(1-2-18(9)10)7-3-8(5-19)20-6-7/h3,5-6H,1-2,4H2. The van der Waals surface area contributed by atoms with Crippen LogP contribution in [0.15, 0.2) is 11.4 Å². The van der Waals surface area contributed by atoms with E-state index < -0.39 is 12.0 Å². The van der Waals surface area contributed by atoms with Gasteiger partial charge in [-0.15, -0.1) is 21.5 Å². The Kier molecular flexibility index (Phi) is 3.00. The lowest BCUT2D eigenvalue weighted by atomic mass is 10.3. The molecule has 3 heterocycles. The number of fused-ring (bicyclic) bond motifs is 1. The summed E-state index contributed by atoms with van der Waals surface area (Å²) in [6, 6.07) is 1.72. The normalized spacial score (nSPS) is 15.2. The number of aldehydes is 1. The molecule has 0 fully saturated rings. The number of carbonyl (C=O) groups is 1. The van der Waals surface area contributed by atoms with E-state index in [1.807, 2.05) is 4.90 Å². The quantitative estimate of drug-likeness (QED) is 0.798. The summed E-state index contributed by atoms with van der Waals surface area (Å²) in [5, 5.41) is 8.64. The molecule has 2 aromatic heterocycles. The number of alkyl halides is 3. The molecule has 0 atom stereocenters. The van der Waals surface area contributed by atoms with Crippen LogP contribution in [0.2, 0.25) is 0 Å². The van der Waals surface area contributed by atoms with Crippen LogP contribution >= 0.6 is 11.3 Å². The number of aromatic nitrogens is 3. The van der Waals surface area contributed by atoms with E-state index in [2.05, 4.69) is 10.2 Å². The first kappa shape index (κ1) is 13.1. The minimum absolute atomic E-state index is 0.170. The van der Waals surface area contributed by atoms with Crippen molar-refractivity contribution in [3.05, 3.63) is 28.0 Å². The summed E-state index contributed by atoms with van der Waals surface area (Å²) in [4.78, 5) is 13.1. The van der Waals surface area contributed by atoms with Gasteiger partial charge in [0.1, 0.15) is 0 Å². The second-order valence-corrected chi connectivity index (χ2v) is 5.28. The SMILES string of the molecule is O=Cc1cc(N2CCn3c(nnc3C(F)(F)F)C2)cs1. The van der Waals surface area contributed by atoms with Crippen molar-refractivity contribution < 1.29 is 18.0 Å². The molecule has 20 heavy (non-hydrogen) atoms. The molecule has 0 bridgehead atoms. The van der Waals surface area contributed by atoms with E-state index in [1.165, 1.54) is 11.3 Å². The largest absolute Gasteiger partial charge is 0.451 e. The lowest BCUT2D eigenvalue weighted by Gasteiger charge is -2.28. The predicted molar refractivity (Wildman–Crippen MR) is 65.8 cm³/mol. The number of rotatable bonds is 2. The number of thiophene rings is 1. The maximum absolute atomic E-state index is 12.7. The van der Waals surface area contributed by atoms with Crippen molar-refractivity contribution in [1.29, 1.82) is 0 Å². The van der Waals surface area contributed by atoms with E-state index in [4.69, 9.17) is 0 Å². The van der Waals surface area contributed by atoms with E-state index in [0.29, 0.717) is 11.4 Å². The van der Waals surface area contributed by atoms with Gasteiger partial charge in [-0.25, -0.2) is 0 Å². The molecule has 0 saturated carbocycles. The third-order valence-corrected chi connectivity index (χ3v) is 3.94. The van der Waals surface area contributed by atoms with E-state index >= 15 is 0 Å². The zero-order chi connectivity index (χ0) is 14.3. The smallest absolute Gasteiger partial charge is 0.361 e. The van der Waals surface area contributed by atoms with Gasteiger partial charge in [0, 0.05) is 24.2 Å². The van der Waals surface area contributed by atoms with Crippen LogP contribution < -0.4 is 4.90 Å². The lowest BCUT2D eigenvalue weighted by molar-refractivity contribution is -0.147. The Bertz CT molecular complexity index is 648. The highest BCUT2D eigenvalue weighted by Gasteiger charge is 2.39. The average molecular weight is 302 g/mol. The summed E-state index contributed by atoms with van der Waals surface area (Å²) < 4.78 is 39.2. The molecule has 0 aliphatic carbocycles. The van der Waals surface area contributed by atoms with Crippen molar-refractivity contribution in [2.24, 2.45) is 0 Å². The van der Waals surface area contributed by atoms with Gasteiger partial charge in [-0.1, -0.05) is 0 Å². The monoisotopic (exact) mass is 302 g/mol. The number of hydrogen-bond donors (Lipinski definition) is 0. The first-order valence-corrected chi connectivity index (χ1v) is 6.65. The number of hydrogen-bond acceptors (Lipinski definition) is 5. The second kappa shape index (κ2) is 4.58. The van der Waals surface area contributed by atoms with Gasteiger partial charge in [-0.2, -0.15) is 13.2 Å². The van der Waals surface area contributed by atoms with E-state index in [0.717, 1.165) is 16.5 Å². The zero-order valence-electron chi connectivity index (χ0n) is 10.1. The van der Waals surface area contributed by atoms with Crippen molar-refractivity contribution >= 4 is 23.3 Å². The van der Waals surface area contributed by atoms with Gasteiger partial charge in [0.15, 0.2) is 12.1 Å². The van der Waals surface area contributed by atoms with Crippen LogP contribution in [0, 0.1) is 0 Å². The molecule has 1 aliphatic heterocycles. The minimum Gasteiger partial charge on any atom is -0.361 e. The molecule has 1 aliphatic rings. The molecule has 106 valence electrons. The maximum Gasteiger partial charge on any atom is 0.451 e. The number of nitrogens with zero attached hydrogens (tertiary/aromatic N) is 4. The summed E-state index contributed by atoms with van der Waals surface area (Å²) >= 11 is 1.30. The summed E-state index contributed by atoms with van der Waals surface area (Å²) in [5.41, 5.74) is 0.819. The predicted octanol–water partition coefficient (Wildman–Crippen LogP) is 2.19. The van der Waals surface area contributed by atoms with Crippen molar-refractivity contribution in [2.45, 2.75) is 19.3 Å². The molecule has 3 rings (SSSR count). The minimum atomic E-state index is -4.49. The maximum atomic E-state index is 12.7. The van der Waals surface area contributed by atoms with Crippen molar-refractivity contribution in [3.63, 3.8) is 0 Å². The van der Waals surface area contributed by atoms with Gasteiger partial charge in [-0.3, -0.25) is 4.79 Å². The van der Waals surface area contributed by atoms with Crippen molar-refractivity contribution in [2.75, 3.05) is 11.4 Å². The third kappa shape index (κ3) is 2.17. The summed E-state index contributed by atoms with van der Waals surface area (Å²) in [6.45, 7) is 0.838. The lowest BCUT2D eigenvalue weighted by Crippen LogP contribution is -2.35. The molecule has 0 unspecified atom stereocenters. The molecule has 0 spiro atoms. The topological polar surface area (TPSA) is 51.0 Å². The highest BCUT2D eigenvalue weighted by atomic mass is 32.1. The first-order valence-electron chi connectivity index (χ1n) is 5.77. The van der Waals surface area contributed by atoms with Gasteiger partial charge in [0.05, 0.1) is 11.4 Å². The number of anilines is 1. The van der Waals surface area contributed by atoms with Crippen LogP contribution in [0.3, 0.4) is 0 Å². The molecule has 0 amide bonds. The van der Waals surface area contributed by atoms with Gasteiger partial charge >= 0.3 is 6.18 Å². The van der Waals surface area contributed by atoms with Crippen molar-refractivity contribution in [3.8, 4) is 0 Å². The van der Waals surface area contributed by atoms with Crippen LogP contribution in [0.5, 0.6) is 0 Å². The summed E-state index contributed by atoms with van der Waals surface area (Å²) in [7, 11) is 0. The molecule has 5 nitrogen and oxygen atoms in total. The highest BCUT2D eigenvalue weighted by molar-refractivity contribution is 7.12. The molecule has 9 heteroatoms. The Morgan fingerprint density at radius 1 is 1.30 bits per heavy atom. The Morgan fingerprint density at radius 2 is 2.10 bits per heavy atom. The fourth-order valence-corrected chi connectivity index (χ4v) is 2.88. The third-order valence-electron chi connectivity index (χ3n) is 3.09. The molecule has 2 aromatic rings. The highest BCUT2D eigenvalue weighted by Crippen LogP contribution is 2.31. The van der Waals surface area contributed by atoms with E-state index in [1.54, 1.807) is 11.4 Å². The number of carbonyl (C=O) groups excluding carboxylic acids is 1. The molecule has 0 N–H and O–H groups in total. The molecular formula is C11H9F3N4OS.